The van der Waals surface area contributed by atoms with Crippen LogP contribution in [0.2, 0.25) is 0 Å². The average Bonchev–Trinajstić information content (AvgIpc) is 2.55. The number of hydrogen-bond donors (Lipinski definition) is 2. The van der Waals surface area contributed by atoms with Gasteiger partial charge in [0.05, 0.1) is 0 Å². The van der Waals surface area contributed by atoms with E-state index >= 15 is 0 Å². The first-order valence-corrected chi connectivity index (χ1v) is 7.83. The van der Waals surface area contributed by atoms with Gasteiger partial charge in [0, 0.05) is 30.7 Å². The molecule has 1 aromatic heterocycles. The summed E-state index contributed by atoms with van der Waals surface area (Å²) >= 11 is 0. The van der Waals surface area contributed by atoms with Crippen molar-refractivity contribution in [2.24, 2.45) is 0 Å². The minimum atomic E-state index is -0.156. The van der Waals surface area contributed by atoms with Gasteiger partial charge in [-0.2, -0.15) is 0 Å². The number of hydrogen-bond acceptors (Lipinski definition) is 4. The Bertz CT molecular complexity index is 638. The van der Waals surface area contributed by atoms with Crippen molar-refractivity contribution in [1.82, 2.24) is 15.2 Å². The molecular formula is C18H24N4O. The number of rotatable bonds is 7. The lowest BCUT2D eigenvalue weighted by Gasteiger charge is -2.11. The predicted molar refractivity (Wildman–Crippen MR) is 94.2 cm³/mol. The number of likely N-dealkylation sites (N-methyl/N-ethyl adjacent to an activating group) is 1. The van der Waals surface area contributed by atoms with Crippen molar-refractivity contribution in [3.8, 4) is 0 Å². The second kappa shape index (κ2) is 8.29. The number of nitrogens with one attached hydrogen (secondary N) is 2. The molecule has 0 saturated heterocycles. The molecule has 0 saturated carbocycles. The second-order valence-electron chi connectivity index (χ2n) is 5.66. The highest BCUT2D eigenvalue weighted by atomic mass is 16.1. The number of aryl methyl sites for hydroxylation is 1. The molecule has 122 valence electrons. The van der Waals surface area contributed by atoms with E-state index in [2.05, 4.69) is 34.7 Å². The van der Waals surface area contributed by atoms with Crippen LogP contribution in [-0.2, 0) is 6.42 Å². The monoisotopic (exact) mass is 312 g/mol. The van der Waals surface area contributed by atoms with Crippen LogP contribution in [0, 0.1) is 0 Å². The molecule has 5 nitrogen and oxygen atoms in total. The number of anilines is 2. The van der Waals surface area contributed by atoms with Crippen LogP contribution >= 0.6 is 0 Å². The lowest BCUT2D eigenvalue weighted by molar-refractivity contribution is 0.0946. The van der Waals surface area contributed by atoms with E-state index in [4.69, 9.17) is 0 Å². The van der Waals surface area contributed by atoms with Crippen LogP contribution in [0.3, 0.4) is 0 Å². The average molecular weight is 312 g/mol. The maximum Gasteiger partial charge on any atom is 0.269 e. The zero-order valence-electron chi connectivity index (χ0n) is 14.0. The van der Waals surface area contributed by atoms with Gasteiger partial charge in [0.25, 0.3) is 5.91 Å². The van der Waals surface area contributed by atoms with Crippen LogP contribution in [0.4, 0.5) is 11.4 Å². The highest BCUT2D eigenvalue weighted by Crippen LogP contribution is 2.17. The summed E-state index contributed by atoms with van der Waals surface area (Å²) in [5, 5.41) is 6.16. The van der Waals surface area contributed by atoms with E-state index in [0.29, 0.717) is 12.2 Å². The molecule has 0 aliphatic carbocycles. The largest absolute Gasteiger partial charge is 0.355 e. The maximum atomic E-state index is 12.1. The van der Waals surface area contributed by atoms with Crippen molar-refractivity contribution in [2.45, 2.75) is 13.3 Å². The summed E-state index contributed by atoms with van der Waals surface area (Å²) in [4.78, 5) is 18.3. The van der Waals surface area contributed by atoms with Gasteiger partial charge < -0.3 is 15.5 Å². The minimum Gasteiger partial charge on any atom is -0.355 e. The summed E-state index contributed by atoms with van der Waals surface area (Å²) in [7, 11) is 3.94. The van der Waals surface area contributed by atoms with Crippen molar-refractivity contribution in [3.05, 3.63) is 53.9 Å². The third-order valence-corrected chi connectivity index (χ3v) is 3.49. The predicted octanol–water partition coefficient (Wildman–Crippen LogP) is 2.68. The van der Waals surface area contributed by atoms with Crippen LogP contribution in [0.5, 0.6) is 0 Å². The molecule has 0 fully saturated rings. The fraction of sp³-hybridized carbons (Fsp3) is 0.333. The number of amides is 1. The molecule has 0 atom stereocenters. The number of nitrogens with zero attached hydrogens (tertiary/aromatic N) is 2. The molecule has 0 spiro atoms. The summed E-state index contributed by atoms with van der Waals surface area (Å²) in [6, 6.07) is 11.9. The number of carbonyl (C=O) groups excluding carboxylic acids is 1. The van der Waals surface area contributed by atoms with E-state index in [1.807, 2.05) is 37.2 Å². The Kier molecular flexibility index (Phi) is 6.11. The standard InChI is InChI=1S/C18H24N4O/c1-4-14-5-7-15(8-6-14)21-16-9-10-19-17(13-16)18(23)20-11-12-22(2)3/h5-10,13H,4,11-12H2,1-3H3,(H,19,21)(H,20,23). The van der Waals surface area contributed by atoms with Crippen LogP contribution in [0.15, 0.2) is 42.6 Å². The van der Waals surface area contributed by atoms with Gasteiger partial charge in [0.15, 0.2) is 0 Å². The summed E-state index contributed by atoms with van der Waals surface area (Å²) in [6.07, 6.45) is 2.66. The van der Waals surface area contributed by atoms with Gasteiger partial charge in [0.1, 0.15) is 5.69 Å². The fourth-order valence-corrected chi connectivity index (χ4v) is 2.11. The first kappa shape index (κ1) is 17.0. The van der Waals surface area contributed by atoms with E-state index < -0.39 is 0 Å². The Hall–Kier alpha value is -2.40. The molecule has 0 bridgehead atoms. The number of benzene rings is 1. The Morgan fingerprint density at radius 3 is 2.52 bits per heavy atom. The van der Waals surface area contributed by atoms with Crippen LogP contribution in [-0.4, -0.2) is 43.0 Å². The van der Waals surface area contributed by atoms with Gasteiger partial charge in [0.2, 0.25) is 0 Å². The molecule has 0 radical (unpaired) electrons. The summed E-state index contributed by atoms with van der Waals surface area (Å²) in [5.74, 6) is -0.156. The maximum absolute atomic E-state index is 12.1. The first-order valence-electron chi connectivity index (χ1n) is 7.83. The van der Waals surface area contributed by atoms with E-state index in [-0.39, 0.29) is 5.91 Å². The second-order valence-corrected chi connectivity index (χ2v) is 5.66. The molecule has 1 aromatic carbocycles. The number of pyridine rings is 1. The van der Waals surface area contributed by atoms with Crippen molar-refractivity contribution in [2.75, 3.05) is 32.5 Å². The number of carbonyl (C=O) groups is 1. The normalized spacial score (nSPS) is 10.6. The smallest absolute Gasteiger partial charge is 0.269 e. The molecule has 1 amide bonds. The van der Waals surface area contributed by atoms with Gasteiger partial charge in [-0.25, -0.2) is 0 Å². The van der Waals surface area contributed by atoms with Crippen molar-refractivity contribution < 1.29 is 4.79 Å². The van der Waals surface area contributed by atoms with E-state index in [1.54, 1.807) is 12.3 Å². The minimum absolute atomic E-state index is 0.156. The van der Waals surface area contributed by atoms with Crippen LogP contribution in [0.25, 0.3) is 0 Å². The molecule has 0 unspecified atom stereocenters. The molecule has 2 aromatic rings. The third-order valence-electron chi connectivity index (χ3n) is 3.49. The van der Waals surface area contributed by atoms with Gasteiger partial charge >= 0.3 is 0 Å². The van der Waals surface area contributed by atoms with Crippen molar-refractivity contribution in [3.63, 3.8) is 0 Å². The SMILES string of the molecule is CCc1ccc(Nc2ccnc(C(=O)NCCN(C)C)c2)cc1. The van der Waals surface area contributed by atoms with Gasteiger partial charge in [-0.1, -0.05) is 19.1 Å². The lowest BCUT2D eigenvalue weighted by atomic mass is 10.1. The highest BCUT2D eigenvalue weighted by Gasteiger charge is 2.07. The van der Waals surface area contributed by atoms with Crippen molar-refractivity contribution >= 4 is 17.3 Å². The zero-order chi connectivity index (χ0) is 16.7. The van der Waals surface area contributed by atoms with Gasteiger partial charge in [-0.05, 0) is 50.3 Å². The van der Waals surface area contributed by atoms with Gasteiger partial charge in [-0.3, -0.25) is 9.78 Å². The quantitative estimate of drug-likeness (QED) is 0.825. The molecule has 1 heterocycles. The Morgan fingerprint density at radius 1 is 1.13 bits per heavy atom. The Balaban J connectivity index is 1.99. The third kappa shape index (κ3) is 5.38. The Morgan fingerprint density at radius 2 is 1.87 bits per heavy atom. The Labute approximate surface area is 137 Å². The van der Waals surface area contributed by atoms with E-state index in [1.165, 1.54) is 5.56 Å². The van der Waals surface area contributed by atoms with E-state index in [9.17, 15) is 4.79 Å². The summed E-state index contributed by atoms with van der Waals surface area (Å²) < 4.78 is 0. The zero-order valence-corrected chi connectivity index (χ0v) is 14.0. The number of aromatic nitrogens is 1. The van der Waals surface area contributed by atoms with Crippen LogP contribution < -0.4 is 10.6 Å². The van der Waals surface area contributed by atoms with Gasteiger partial charge in [-0.15, -0.1) is 0 Å². The van der Waals surface area contributed by atoms with E-state index in [0.717, 1.165) is 24.3 Å². The summed E-state index contributed by atoms with van der Waals surface area (Å²) in [6.45, 7) is 3.53. The van der Waals surface area contributed by atoms with Crippen molar-refractivity contribution in [1.29, 1.82) is 0 Å². The molecule has 2 N–H and O–H groups in total. The lowest BCUT2D eigenvalue weighted by Crippen LogP contribution is -2.31. The molecule has 23 heavy (non-hydrogen) atoms. The molecule has 5 heteroatoms. The molecular weight excluding hydrogens is 288 g/mol. The molecule has 0 aliphatic heterocycles. The fourth-order valence-electron chi connectivity index (χ4n) is 2.11. The van der Waals surface area contributed by atoms with Crippen LogP contribution in [0.1, 0.15) is 23.0 Å². The summed E-state index contributed by atoms with van der Waals surface area (Å²) in [5.41, 5.74) is 3.56. The molecule has 2 rings (SSSR count). The highest BCUT2D eigenvalue weighted by molar-refractivity contribution is 5.93. The molecule has 0 aliphatic rings. The topological polar surface area (TPSA) is 57.3 Å². The first-order chi connectivity index (χ1) is 11.1.